The van der Waals surface area contributed by atoms with Gasteiger partial charge in [0.05, 0.1) is 5.56 Å². The standard InChI is InChI=1S/C19H19FN6OS/c20-14-2-1-3-16(10-14)26-8-6-15(7-9-26)23-17-5-4-13(11-21-17)18(27)24-19-25-22-12-28-19/h1-5,10-12,15H,6-9H2,(H,21,23)(H,24,25,27). The van der Waals surface area contributed by atoms with Gasteiger partial charge >= 0.3 is 0 Å². The van der Waals surface area contributed by atoms with E-state index in [0.29, 0.717) is 16.7 Å². The first-order valence-electron chi connectivity index (χ1n) is 8.98. The van der Waals surface area contributed by atoms with Crippen LogP contribution < -0.4 is 15.5 Å². The summed E-state index contributed by atoms with van der Waals surface area (Å²) in [5.41, 5.74) is 2.93. The average molecular weight is 398 g/mol. The minimum absolute atomic E-state index is 0.211. The molecule has 1 amide bonds. The summed E-state index contributed by atoms with van der Waals surface area (Å²) in [7, 11) is 0. The van der Waals surface area contributed by atoms with Crippen molar-refractivity contribution < 1.29 is 9.18 Å². The first-order valence-corrected chi connectivity index (χ1v) is 9.86. The van der Waals surface area contributed by atoms with E-state index in [2.05, 4.69) is 30.7 Å². The van der Waals surface area contributed by atoms with Crippen molar-refractivity contribution in [1.29, 1.82) is 0 Å². The maximum Gasteiger partial charge on any atom is 0.259 e. The van der Waals surface area contributed by atoms with Crippen molar-refractivity contribution in [3.63, 3.8) is 0 Å². The van der Waals surface area contributed by atoms with Gasteiger partial charge < -0.3 is 10.2 Å². The summed E-state index contributed by atoms with van der Waals surface area (Å²) in [4.78, 5) is 18.7. The van der Waals surface area contributed by atoms with Crippen molar-refractivity contribution in [1.82, 2.24) is 15.2 Å². The number of benzene rings is 1. The van der Waals surface area contributed by atoms with Crippen molar-refractivity contribution >= 4 is 33.9 Å². The number of hydrogen-bond donors (Lipinski definition) is 2. The third kappa shape index (κ3) is 4.42. The molecule has 2 N–H and O–H groups in total. The topological polar surface area (TPSA) is 83.0 Å². The Bertz CT molecular complexity index is 926. The van der Waals surface area contributed by atoms with Crippen molar-refractivity contribution in [2.75, 3.05) is 28.6 Å². The molecule has 0 saturated carbocycles. The number of nitrogens with one attached hydrogen (secondary N) is 2. The van der Waals surface area contributed by atoms with Gasteiger partial charge in [0.1, 0.15) is 17.1 Å². The average Bonchev–Trinajstić information content (AvgIpc) is 3.22. The summed E-state index contributed by atoms with van der Waals surface area (Å²) >= 11 is 1.26. The zero-order valence-electron chi connectivity index (χ0n) is 15.0. The molecular weight excluding hydrogens is 379 g/mol. The van der Waals surface area contributed by atoms with E-state index in [9.17, 15) is 9.18 Å². The Morgan fingerprint density at radius 3 is 2.75 bits per heavy atom. The molecule has 0 aliphatic carbocycles. The highest BCUT2D eigenvalue weighted by molar-refractivity contribution is 7.13. The lowest BCUT2D eigenvalue weighted by Crippen LogP contribution is -2.39. The molecule has 1 aliphatic rings. The number of anilines is 3. The van der Waals surface area contributed by atoms with Gasteiger partial charge in [-0.2, -0.15) is 0 Å². The highest BCUT2D eigenvalue weighted by atomic mass is 32.1. The van der Waals surface area contributed by atoms with E-state index < -0.39 is 0 Å². The fraction of sp³-hybridized carbons (Fsp3) is 0.263. The first-order chi connectivity index (χ1) is 13.7. The minimum atomic E-state index is -0.265. The Morgan fingerprint density at radius 2 is 2.07 bits per heavy atom. The van der Waals surface area contributed by atoms with E-state index in [0.717, 1.165) is 37.4 Å². The number of rotatable bonds is 5. The number of pyridine rings is 1. The highest BCUT2D eigenvalue weighted by Gasteiger charge is 2.20. The van der Waals surface area contributed by atoms with Crippen LogP contribution in [0.1, 0.15) is 23.2 Å². The van der Waals surface area contributed by atoms with Crippen LogP contribution in [0.25, 0.3) is 0 Å². The summed E-state index contributed by atoms with van der Waals surface area (Å²) in [6, 6.07) is 10.5. The molecule has 3 heterocycles. The second kappa shape index (κ2) is 8.30. The van der Waals surface area contributed by atoms with Crippen LogP contribution in [-0.4, -0.2) is 40.2 Å². The smallest absolute Gasteiger partial charge is 0.259 e. The number of amides is 1. The summed E-state index contributed by atoms with van der Waals surface area (Å²) in [5.74, 6) is 0.257. The van der Waals surface area contributed by atoms with Crippen LogP contribution in [0.4, 0.5) is 21.0 Å². The van der Waals surface area contributed by atoms with Crippen molar-refractivity contribution in [2.45, 2.75) is 18.9 Å². The summed E-state index contributed by atoms with van der Waals surface area (Å²) in [5, 5.41) is 14.0. The Morgan fingerprint density at radius 1 is 1.21 bits per heavy atom. The molecule has 0 atom stereocenters. The second-order valence-electron chi connectivity index (χ2n) is 6.52. The van der Waals surface area contributed by atoms with Gasteiger partial charge in [-0.1, -0.05) is 17.4 Å². The maximum atomic E-state index is 13.4. The number of carbonyl (C=O) groups is 1. The number of piperidine rings is 1. The van der Waals surface area contributed by atoms with E-state index in [1.807, 2.05) is 6.07 Å². The van der Waals surface area contributed by atoms with Crippen LogP contribution in [0, 0.1) is 5.82 Å². The normalized spacial score (nSPS) is 14.7. The lowest BCUT2D eigenvalue weighted by atomic mass is 10.0. The Labute approximate surface area is 165 Å². The SMILES string of the molecule is O=C(Nc1nncs1)c1ccc(NC2CCN(c3cccc(F)c3)CC2)nc1. The van der Waals surface area contributed by atoms with Crippen LogP contribution in [0.5, 0.6) is 0 Å². The van der Waals surface area contributed by atoms with Crippen molar-refractivity contribution in [2.24, 2.45) is 0 Å². The summed E-state index contributed by atoms with van der Waals surface area (Å²) < 4.78 is 13.4. The van der Waals surface area contributed by atoms with Gasteiger partial charge in [0.2, 0.25) is 5.13 Å². The molecule has 2 aromatic heterocycles. The number of halogens is 1. The molecule has 3 aromatic rings. The first kappa shape index (κ1) is 18.3. The fourth-order valence-corrected chi connectivity index (χ4v) is 3.61. The predicted molar refractivity (Wildman–Crippen MR) is 107 cm³/mol. The van der Waals surface area contributed by atoms with Gasteiger partial charge in [-0.15, -0.1) is 10.2 Å². The molecule has 0 unspecified atom stereocenters. The Hall–Kier alpha value is -3.07. The fourth-order valence-electron chi connectivity index (χ4n) is 3.17. The third-order valence-electron chi connectivity index (χ3n) is 4.63. The molecule has 4 rings (SSSR count). The van der Waals surface area contributed by atoms with Gasteiger partial charge in [-0.05, 0) is 43.2 Å². The zero-order valence-corrected chi connectivity index (χ0v) is 15.8. The number of nitrogens with zero attached hydrogens (tertiary/aromatic N) is 4. The van der Waals surface area contributed by atoms with Crippen LogP contribution in [0.2, 0.25) is 0 Å². The Balaban J connectivity index is 1.30. The predicted octanol–water partition coefficient (Wildman–Crippen LogP) is 3.41. The molecular formula is C19H19FN6OS. The molecule has 1 saturated heterocycles. The molecule has 1 aliphatic heterocycles. The lowest BCUT2D eigenvalue weighted by molar-refractivity contribution is 0.102. The zero-order chi connectivity index (χ0) is 19.3. The van der Waals surface area contributed by atoms with Crippen LogP contribution >= 0.6 is 11.3 Å². The van der Waals surface area contributed by atoms with Crippen LogP contribution in [-0.2, 0) is 0 Å². The van der Waals surface area contributed by atoms with Crippen LogP contribution in [0.15, 0.2) is 48.1 Å². The van der Waals surface area contributed by atoms with Gasteiger partial charge in [0.25, 0.3) is 5.91 Å². The molecule has 0 spiro atoms. The van der Waals surface area contributed by atoms with Gasteiger partial charge in [0, 0.05) is 31.0 Å². The molecule has 9 heteroatoms. The molecule has 144 valence electrons. The van der Waals surface area contributed by atoms with E-state index >= 15 is 0 Å². The quantitative estimate of drug-likeness (QED) is 0.685. The van der Waals surface area contributed by atoms with Gasteiger partial charge in [0.15, 0.2) is 0 Å². The summed E-state index contributed by atoms with van der Waals surface area (Å²) in [6.07, 6.45) is 3.40. The van der Waals surface area contributed by atoms with Crippen LogP contribution in [0.3, 0.4) is 0 Å². The summed E-state index contributed by atoms with van der Waals surface area (Å²) in [6.45, 7) is 1.70. The molecule has 1 fully saturated rings. The molecule has 7 nitrogen and oxygen atoms in total. The van der Waals surface area contributed by atoms with Gasteiger partial charge in [-0.25, -0.2) is 9.37 Å². The number of hydrogen-bond acceptors (Lipinski definition) is 7. The minimum Gasteiger partial charge on any atom is -0.371 e. The van der Waals surface area contributed by atoms with E-state index in [-0.39, 0.29) is 11.7 Å². The monoisotopic (exact) mass is 398 g/mol. The third-order valence-corrected chi connectivity index (χ3v) is 5.23. The van der Waals surface area contributed by atoms with Gasteiger partial charge in [-0.3, -0.25) is 10.1 Å². The lowest BCUT2D eigenvalue weighted by Gasteiger charge is -2.34. The Kier molecular flexibility index (Phi) is 5.43. The maximum absolute atomic E-state index is 13.4. The molecule has 0 bridgehead atoms. The molecule has 28 heavy (non-hydrogen) atoms. The van der Waals surface area contributed by atoms with E-state index in [1.54, 1.807) is 36.0 Å². The number of aromatic nitrogens is 3. The van der Waals surface area contributed by atoms with E-state index in [1.165, 1.54) is 17.4 Å². The van der Waals surface area contributed by atoms with Crippen molar-refractivity contribution in [3.8, 4) is 0 Å². The largest absolute Gasteiger partial charge is 0.371 e. The molecule has 0 radical (unpaired) electrons. The highest BCUT2D eigenvalue weighted by Crippen LogP contribution is 2.22. The van der Waals surface area contributed by atoms with E-state index in [4.69, 9.17) is 0 Å². The molecule has 1 aromatic carbocycles. The van der Waals surface area contributed by atoms with Crippen molar-refractivity contribution in [3.05, 3.63) is 59.5 Å². The second-order valence-corrected chi connectivity index (χ2v) is 7.35. The number of carbonyl (C=O) groups excluding carboxylic acids is 1.